The summed E-state index contributed by atoms with van der Waals surface area (Å²) in [5.74, 6) is 0.313. The van der Waals surface area contributed by atoms with E-state index in [0.29, 0.717) is 19.0 Å². The van der Waals surface area contributed by atoms with Gasteiger partial charge in [-0.2, -0.15) is 0 Å². The molecule has 0 saturated carbocycles. The first kappa shape index (κ1) is 8.04. The van der Waals surface area contributed by atoms with E-state index in [0.717, 1.165) is 5.56 Å². The molecule has 0 aliphatic heterocycles. The first-order valence-electron chi connectivity index (χ1n) is 3.52. The van der Waals surface area contributed by atoms with Crippen molar-refractivity contribution in [1.82, 2.24) is 5.32 Å². The summed E-state index contributed by atoms with van der Waals surface area (Å²) in [6.07, 6.45) is 0. The Kier molecular flexibility index (Phi) is 2.89. The van der Waals surface area contributed by atoms with Gasteiger partial charge in [-0.1, -0.05) is 18.2 Å². The summed E-state index contributed by atoms with van der Waals surface area (Å²) in [4.78, 5) is 0. The molecule has 0 unspecified atom stereocenters. The Morgan fingerprint density at radius 3 is 2.73 bits per heavy atom. The number of phenols is 1. The molecule has 0 radical (unpaired) electrons. The molecule has 0 aliphatic rings. The zero-order valence-electron chi connectivity index (χ0n) is 6.25. The Hall–Kier alpha value is -1.06. The van der Waals surface area contributed by atoms with Crippen LogP contribution in [0.2, 0.25) is 0 Å². The summed E-state index contributed by atoms with van der Waals surface area (Å²) in [5, 5.41) is 12.2. The average molecular weight is 152 g/mol. The van der Waals surface area contributed by atoms with Crippen molar-refractivity contribution in [3.05, 3.63) is 29.8 Å². The van der Waals surface area contributed by atoms with Gasteiger partial charge in [0, 0.05) is 18.8 Å². The fourth-order valence-corrected chi connectivity index (χ4v) is 0.867. The van der Waals surface area contributed by atoms with E-state index in [2.05, 4.69) is 5.32 Å². The quantitative estimate of drug-likeness (QED) is 0.549. The highest BCUT2D eigenvalue weighted by molar-refractivity contribution is 5.31. The van der Waals surface area contributed by atoms with Gasteiger partial charge in [0.2, 0.25) is 0 Å². The summed E-state index contributed by atoms with van der Waals surface area (Å²) < 4.78 is 0. The van der Waals surface area contributed by atoms with Gasteiger partial charge in [0.05, 0.1) is 0 Å². The number of phenolic OH excluding ortho intramolecular Hbond substituents is 1. The number of benzene rings is 1. The van der Waals surface area contributed by atoms with Crippen molar-refractivity contribution in [1.29, 1.82) is 0 Å². The normalized spacial score (nSPS) is 9.91. The van der Waals surface area contributed by atoms with Crippen LogP contribution in [0.1, 0.15) is 5.56 Å². The third-order valence-electron chi connectivity index (χ3n) is 1.45. The number of rotatable bonds is 3. The largest absolute Gasteiger partial charge is 0.508 e. The number of nitrogens with two attached hydrogens (primary N) is 1. The predicted octanol–water partition coefficient (Wildman–Crippen LogP) is 0.398. The number of nitrogens with one attached hydrogen (secondary N) is 1. The minimum absolute atomic E-state index is 0.313. The molecule has 0 atom stereocenters. The van der Waals surface area contributed by atoms with Crippen molar-refractivity contribution in [2.24, 2.45) is 5.73 Å². The molecule has 0 heterocycles. The Bertz CT molecular complexity index is 225. The fraction of sp³-hybridized carbons (Fsp3) is 0.250. The maximum atomic E-state index is 9.26. The molecule has 0 saturated heterocycles. The Labute approximate surface area is 65.8 Å². The Balaban J connectivity index is 2.62. The van der Waals surface area contributed by atoms with Gasteiger partial charge in [-0.3, -0.25) is 0 Å². The van der Waals surface area contributed by atoms with Crippen molar-refractivity contribution in [2.75, 3.05) is 6.67 Å². The molecule has 1 rings (SSSR count). The second-order valence-electron chi connectivity index (χ2n) is 2.26. The SMILES string of the molecule is NCNCc1ccccc1O. The second-order valence-corrected chi connectivity index (χ2v) is 2.26. The second kappa shape index (κ2) is 3.95. The molecular formula is C8H12N2O. The molecule has 11 heavy (non-hydrogen) atoms. The molecular weight excluding hydrogens is 140 g/mol. The number of hydrogen-bond acceptors (Lipinski definition) is 3. The molecule has 60 valence electrons. The molecule has 0 bridgehead atoms. The van der Waals surface area contributed by atoms with Gasteiger partial charge in [0.15, 0.2) is 0 Å². The van der Waals surface area contributed by atoms with E-state index in [4.69, 9.17) is 5.73 Å². The lowest BCUT2D eigenvalue weighted by molar-refractivity contribution is 0.465. The van der Waals surface area contributed by atoms with Crippen LogP contribution in [0.3, 0.4) is 0 Å². The van der Waals surface area contributed by atoms with Crippen molar-refractivity contribution in [3.63, 3.8) is 0 Å². The lowest BCUT2D eigenvalue weighted by Gasteiger charge is -2.03. The monoisotopic (exact) mass is 152 g/mol. The molecule has 3 nitrogen and oxygen atoms in total. The van der Waals surface area contributed by atoms with E-state index in [1.54, 1.807) is 12.1 Å². The van der Waals surface area contributed by atoms with E-state index in [1.165, 1.54) is 0 Å². The lowest BCUT2D eigenvalue weighted by atomic mass is 10.2. The smallest absolute Gasteiger partial charge is 0.120 e. The van der Waals surface area contributed by atoms with Crippen LogP contribution in [0.4, 0.5) is 0 Å². The minimum atomic E-state index is 0.313. The summed E-state index contributed by atoms with van der Waals surface area (Å²) in [6.45, 7) is 1.04. The molecule has 1 aromatic carbocycles. The van der Waals surface area contributed by atoms with E-state index < -0.39 is 0 Å². The first-order valence-corrected chi connectivity index (χ1v) is 3.52. The van der Waals surface area contributed by atoms with Crippen LogP contribution < -0.4 is 11.1 Å². The summed E-state index contributed by atoms with van der Waals surface area (Å²) in [5.41, 5.74) is 6.11. The zero-order chi connectivity index (χ0) is 8.10. The Morgan fingerprint density at radius 2 is 2.09 bits per heavy atom. The van der Waals surface area contributed by atoms with Crippen LogP contribution in [0.15, 0.2) is 24.3 Å². The van der Waals surface area contributed by atoms with E-state index in [-0.39, 0.29) is 0 Å². The highest BCUT2D eigenvalue weighted by Crippen LogP contribution is 2.14. The van der Waals surface area contributed by atoms with Gasteiger partial charge in [0.1, 0.15) is 5.75 Å². The van der Waals surface area contributed by atoms with Gasteiger partial charge in [-0.05, 0) is 6.07 Å². The number of aromatic hydroxyl groups is 1. The van der Waals surface area contributed by atoms with E-state index in [1.807, 2.05) is 12.1 Å². The number of para-hydroxylation sites is 1. The van der Waals surface area contributed by atoms with Crippen LogP contribution in [0.5, 0.6) is 5.75 Å². The topological polar surface area (TPSA) is 58.3 Å². The predicted molar refractivity (Wildman–Crippen MR) is 44.0 cm³/mol. The van der Waals surface area contributed by atoms with E-state index >= 15 is 0 Å². The molecule has 0 amide bonds. The van der Waals surface area contributed by atoms with Gasteiger partial charge in [-0.25, -0.2) is 0 Å². The molecule has 3 heteroatoms. The molecule has 0 spiro atoms. The molecule has 0 aromatic heterocycles. The van der Waals surface area contributed by atoms with Crippen molar-refractivity contribution >= 4 is 0 Å². The summed E-state index contributed by atoms with van der Waals surface area (Å²) in [7, 11) is 0. The van der Waals surface area contributed by atoms with Gasteiger partial charge >= 0.3 is 0 Å². The van der Waals surface area contributed by atoms with Gasteiger partial charge < -0.3 is 16.2 Å². The zero-order valence-corrected chi connectivity index (χ0v) is 6.25. The Morgan fingerprint density at radius 1 is 1.36 bits per heavy atom. The lowest BCUT2D eigenvalue weighted by Crippen LogP contribution is -2.21. The van der Waals surface area contributed by atoms with E-state index in [9.17, 15) is 5.11 Å². The van der Waals surface area contributed by atoms with Crippen LogP contribution in [-0.2, 0) is 6.54 Å². The summed E-state index contributed by atoms with van der Waals surface area (Å²) >= 11 is 0. The number of hydrogen-bond donors (Lipinski definition) is 3. The van der Waals surface area contributed by atoms with Crippen molar-refractivity contribution in [3.8, 4) is 5.75 Å². The summed E-state index contributed by atoms with van der Waals surface area (Å²) in [6, 6.07) is 7.19. The highest BCUT2D eigenvalue weighted by Gasteiger charge is 1.95. The standard InChI is InChI=1S/C8H12N2O/c9-6-10-5-7-3-1-2-4-8(7)11/h1-4,10-11H,5-6,9H2. The fourth-order valence-electron chi connectivity index (χ4n) is 0.867. The molecule has 0 fully saturated rings. The van der Waals surface area contributed by atoms with Gasteiger partial charge in [-0.15, -0.1) is 0 Å². The van der Waals surface area contributed by atoms with Crippen molar-refractivity contribution in [2.45, 2.75) is 6.54 Å². The third-order valence-corrected chi connectivity index (χ3v) is 1.45. The van der Waals surface area contributed by atoms with Crippen LogP contribution in [-0.4, -0.2) is 11.8 Å². The van der Waals surface area contributed by atoms with Crippen LogP contribution in [0.25, 0.3) is 0 Å². The molecule has 1 aromatic rings. The van der Waals surface area contributed by atoms with Crippen LogP contribution >= 0.6 is 0 Å². The first-order chi connectivity index (χ1) is 5.34. The van der Waals surface area contributed by atoms with Crippen molar-refractivity contribution < 1.29 is 5.11 Å². The van der Waals surface area contributed by atoms with Gasteiger partial charge in [0.25, 0.3) is 0 Å². The highest BCUT2D eigenvalue weighted by atomic mass is 16.3. The molecule has 4 N–H and O–H groups in total. The maximum Gasteiger partial charge on any atom is 0.120 e. The minimum Gasteiger partial charge on any atom is -0.508 e. The third kappa shape index (κ3) is 2.22. The maximum absolute atomic E-state index is 9.26. The average Bonchev–Trinajstić information content (AvgIpc) is 2.03. The molecule has 0 aliphatic carbocycles. The van der Waals surface area contributed by atoms with Crippen LogP contribution in [0, 0.1) is 0 Å².